The number of carbonyl (C=O) groups excluding carboxylic acids is 2. The molecule has 5 nitrogen and oxygen atoms in total. The summed E-state index contributed by atoms with van der Waals surface area (Å²) in [5, 5.41) is 13.5. The molecule has 3 heterocycles. The number of aliphatic hydroxyl groups excluding tert-OH is 1. The molecule has 0 aliphatic carbocycles. The van der Waals surface area contributed by atoms with Crippen LogP contribution in [0.1, 0.15) is 26.8 Å². The van der Waals surface area contributed by atoms with Crippen molar-refractivity contribution in [3.05, 3.63) is 92.3 Å². The maximum atomic E-state index is 13.3. The van der Waals surface area contributed by atoms with Crippen molar-refractivity contribution in [1.29, 1.82) is 0 Å². The van der Waals surface area contributed by atoms with Crippen LogP contribution in [0.5, 0.6) is 0 Å². The molecule has 2 aromatic carbocycles. The van der Waals surface area contributed by atoms with Gasteiger partial charge >= 0.3 is 0 Å². The highest BCUT2D eigenvalue weighted by atomic mass is 35.5. The lowest BCUT2D eigenvalue weighted by molar-refractivity contribution is -0.117. The summed E-state index contributed by atoms with van der Waals surface area (Å²) in [4.78, 5) is 33.0. The molecule has 0 fully saturated rings. The number of anilines is 1. The summed E-state index contributed by atoms with van der Waals surface area (Å²) in [6.07, 6.45) is 0. The van der Waals surface area contributed by atoms with E-state index in [1.165, 1.54) is 27.6 Å². The quantitative estimate of drug-likeness (QED) is 0.369. The Morgan fingerprint density at radius 3 is 2.65 bits per heavy atom. The monoisotopic (exact) mass is 466 g/mol. The first-order valence-electron chi connectivity index (χ1n) is 9.41. The van der Waals surface area contributed by atoms with Gasteiger partial charge in [-0.05, 0) is 53.8 Å². The predicted octanol–water partition coefficient (Wildman–Crippen LogP) is 6.10. The van der Waals surface area contributed by atoms with Gasteiger partial charge in [0, 0.05) is 5.02 Å². The van der Waals surface area contributed by atoms with Crippen LogP contribution in [0.3, 0.4) is 0 Å². The largest absolute Gasteiger partial charge is 0.503 e. The Labute approximate surface area is 190 Å². The number of halogens is 1. The third kappa shape index (κ3) is 3.35. The first kappa shape index (κ1) is 19.9. The molecule has 1 atom stereocenters. The van der Waals surface area contributed by atoms with Gasteiger partial charge in [0.05, 0.1) is 26.7 Å². The number of carbonyl (C=O) groups is 2. The summed E-state index contributed by atoms with van der Waals surface area (Å²) in [6, 6.07) is 15.4. The van der Waals surface area contributed by atoms with Gasteiger partial charge in [0.25, 0.3) is 5.91 Å². The number of Topliss-reactive ketones (excluding diaryl/α,β-unsaturated/α-hetero) is 1. The van der Waals surface area contributed by atoms with E-state index in [1.807, 2.05) is 25.1 Å². The number of benzene rings is 2. The van der Waals surface area contributed by atoms with Crippen molar-refractivity contribution in [3.8, 4) is 0 Å². The van der Waals surface area contributed by atoms with Crippen LogP contribution in [-0.2, 0) is 4.79 Å². The lowest BCUT2D eigenvalue weighted by Gasteiger charge is -2.24. The van der Waals surface area contributed by atoms with E-state index in [2.05, 4.69) is 4.98 Å². The number of aromatic nitrogens is 1. The Balaban J connectivity index is 1.68. The molecule has 1 unspecified atom stereocenters. The number of rotatable bonds is 4. The molecule has 154 valence electrons. The highest BCUT2D eigenvalue weighted by Crippen LogP contribution is 2.44. The zero-order valence-electron chi connectivity index (χ0n) is 16.2. The van der Waals surface area contributed by atoms with E-state index in [0.717, 1.165) is 15.8 Å². The molecule has 0 radical (unpaired) electrons. The first-order valence-corrected chi connectivity index (χ1v) is 11.5. The zero-order valence-corrected chi connectivity index (χ0v) is 18.6. The minimum absolute atomic E-state index is 0.0465. The molecule has 4 aromatic rings. The molecular formula is C23H15ClN2O3S2. The zero-order chi connectivity index (χ0) is 21.7. The molecule has 8 heteroatoms. The molecule has 1 aliphatic rings. The van der Waals surface area contributed by atoms with E-state index in [1.54, 1.807) is 41.8 Å². The third-order valence-electron chi connectivity index (χ3n) is 5.12. The second-order valence-electron chi connectivity index (χ2n) is 7.17. The standard InChI is InChI=1S/C23H15ClN2O3S2/c1-12-4-9-15-17(11-12)31-23(25-15)26-19(13-5-7-14(24)8-6-13)18(21(28)22(26)29)20(27)16-3-2-10-30-16/h2-11,19,28H,1H3. The van der Waals surface area contributed by atoms with Gasteiger partial charge in [-0.15, -0.1) is 11.3 Å². The number of nitrogens with zero attached hydrogens (tertiary/aromatic N) is 2. The summed E-state index contributed by atoms with van der Waals surface area (Å²) in [5.74, 6) is -1.57. The number of aliphatic hydroxyl groups is 1. The number of fused-ring (bicyclic) bond motifs is 1. The lowest BCUT2D eigenvalue weighted by atomic mass is 9.95. The highest BCUT2D eigenvalue weighted by molar-refractivity contribution is 7.22. The van der Waals surface area contributed by atoms with Crippen LogP contribution >= 0.6 is 34.3 Å². The van der Waals surface area contributed by atoms with E-state index in [0.29, 0.717) is 20.6 Å². The second kappa shape index (κ2) is 7.60. The summed E-state index contributed by atoms with van der Waals surface area (Å²) in [6.45, 7) is 1.99. The third-order valence-corrected chi connectivity index (χ3v) is 7.26. The number of ketones is 1. The average Bonchev–Trinajstić information content (AvgIpc) is 3.47. The van der Waals surface area contributed by atoms with Crippen LogP contribution in [0.25, 0.3) is 10.2 Å². The van der Waals surface area contributed by atoms with Gasteiger partial charge in [-0.25, -0.2) is 4.98 Å². The number of thiophene rings is 1. The fourth-order valence-corrected chi connectivity index (χ4v) is 5.55. The predicted molar refractivity (Wildman–Crippen MR) is 124 cm³/mol. The summed E-state index contributed by atoms with van der Waals surface area (Å²) >= 11 is 8.67. The van der Waals surface area contributed by atoms with E-state index in [9.17, 15) is 14.7 Å². The fraction of sp³-hybridized carbons (Fsp3) is 0.0870. The molecule has 1 N–H and O–H groups in total. The molecule has 1 amide bonds. The number of aryl methyl sites for hydroxylation is 1. The fourth-order valence-electron chi connectivity index (χ4n) is 3.66. The SMILES string of the molecule is Cc1ccc2nc(N3C(=O)C(O)=C(C(=O)c4cccs4)C3c3ccc(Cl)cc3)sc2c1. The Morgan fingerprint density at radius 2 is 1.94 bits per heavy atom. The normalized spacial score (nSPS) is 16.5. The first-order chi connectivity index (χ1) is 14.9. The number of amides is 1. The minimum Gasteiger partial charge on any atom is -0.503 e. The van der Waals surface area contributed by atoms with Gasteiger partial charge in [-0.3, -0.25) is 14.5 Å². The minimum atomic E-state index is -0.805. The lowest BCUT2D eigenvalue weighted by Crippen LogP contribution is -2.30. The van der Waals surface area contributed by atoms with Crippen molar-refractivity contribution in [2.24, 2.45) is 0 Å². The molecule has 0 saturated heterocycles. The smallest absolute Gasteiger partial charge is 0.296 e. The molecule has 0 spiro atoms. The molecule has 31 heavy (non-hydrogen) atoms. The van der Waals surface area contributed by atoms with Crippen molar-refractivity contribution < 1.29 is 14.7 Å². The molecular weight excluding hydrogens is 452 g/mol. The maximum absolute atomic E-state index is 13.3. The van der Waals surface area contributed by atoms with Crippen LogP contribution in [0.2, 0.25) is 5.02 Å². The topological polar surface area (TPSA) is 70.5 Å². The Kier molecular flexibility index (Phi) is 4.89. The number of thiazole rings is 1. The van der Waals surface area contributed by atoms with Crippen LogP contribution in [0.15, 0.2) is 71.3 Å². The van der Waals surface area contributed by atoms with E-state index in [4.69, 9.17) is 11.6 Å². The van der Waals surface area contributed by atoms with Crippen molar-refractivity contribution >= 4 is 61.3 Å². The van der Waals surface area contributed by atoms with Crippen molar-refractivity contribution in [1.82, 2.24) is 4.98 Å². The van der Waals surface area contributed by atoms with Crippen molar-refractivity contribution in [2.75, 3.05) is 4.90 Å². The van der Waals surface area contributed by atoms with E-state index >= 15 is 0 Å². The Hall–Kier alpha value is -3.00. The highest BCUT2D eigenvalue weighted by Gasteiger charge is 2.46. The van der Waals surface area contributed by atoms with Gasteiger partial charge in [-0.2, -0.15) is 0 Å². The molecule has 0 saturated carbocycles. The van der Waals surface area contributed by atoms with Gasteiger partial charge in [0.1, 0.15) is 0 Å². The van der Waals surface area contributed by atoms with Gasteiger partial charge in [-0.1, -0.05) is 47.2 Å². The van der Waals surface area contributed by atoms with Crippen LogP contribution < -0.4 is 4.90 Å². The van der Waals surface area contributed by atoms with Gasteiger partial charge in [0.15, 0.2) is 10.9 Å². The average molecular weight is 467 g/mol. The summed E-state index contributed by atoms with van der Waals surface area (Å²) in [5.41, 5.74) is 2.55. The molecule has 1 aliphatic heterocycles. The van der Waals surface area contributed by atoms with Crippen LogP contribution in [-0.4, -0.2) is 21.8 Å². The van der Waals surface area contributed by atoms with Crippen LogP contribution in [0, 0.1) is 6.92 Å². The van der Waals surface area contributed by atoms with Gasteiger partial charge in [0.2, 0.25) is 5.78 Å². The second-order valence-corrected chi connectivity index (χ2v) is 9.56. The number of hydrogen-bond acceptors (Lipinski definition) is 6. The number of hydrogen-bond donors (Lipinski definition) is 1. The molecule has 2 aromatic heterocycles. The maximum Gasteiger partial charge on any atom is 0.296 e. The van der Waals surface area contributed by atoms with E-state index < -0.39 is 17.7 Å². The van der Waals surface area contributed by atoms with Crippen molar-refractivity contribution in [2.45, 2.75) is 13.0 Å². The Bertz CT molecular complexity index is 1360. The summed E-state index contributed by atoms with van der Waals surface area (Å²) < 4.78 is 0.926. The van der Waals surface area contributed by atoms with Crippen molar-refractivity contribution in [3.63, 3.8) is 0 Å². The molecule has 0 bridgehead atoms. The summed E-state index contributed by atoms with van der Waals surface area (Å²) in [7, 11) is 0. The Morgan fingerprint density at radius 1 is 1.16 bits per heavy atom. The van der Waals surface area contributed by atoms with E-state index in [-0.39, 0.29) is 11.4 Å². The molecule has 5 rings (SSSR count). The van der Waals surface area contributed by atoms with Gasteiger partial charge < -0.3 is 5.11 Å². The van der Waals surface area contributed by atoms with Crippen LogP contribution in [0.4, 0.5) is 5.13 Å².